The monoisotopic (exact) mass is 394 g/mol. The van der Waals surface area contributed by atoms with Gasteiger partial charge in [0.05, 0.1) is 9.95 Å². The Morgan fingerprint density at radius 2 is 1.88 bits per heavy atom. The number of hydrogen-bond donors (Lipinski definition) is 1. The molecule has 1 aromatic carbocycles. The molecule has 1 N–H and O–H groups in total. The second-order valence-corrected chi connectivity index (χ2v) is 5.45. The predicted molar refractivity (Wildman–Crippen MR) is 83.6 cm³/mol. The first-order valence-corrected chi connectivity index (χ1v) is 7.41. The maximum Gasteiger partial charge on any atom is 0.292 e. The second-order valence-electron chi connectivity index (χ2n) is 5.07. The van der Waals surface area contributed by atoms with Gasteiger partial charge in [-0.2, -0.15) is 5.10 Å². The van der Waals surface area contributed by atoms with E-state index in [9.17, 15) is 32.5 Å². The number of carbonyl (C=O) groups excluding carboxylic acids is 1. The van der Waals surface area contributed by atoms with Gasteiger partial charge in [-0.05, 0) is 13.0 Å². The third-order valence-electron chi connectivity index (χ3n) is 3.43. The van der Waals surface area contributed by atoms with E-state index < -0.39 is 51.8 Å². The largest absolute Gasteiger partial charge is 0.319 e. The Morgan fingerprint density at radius 1 is 1.27 bits per heavy atom. The highest BCUT2D eigenvalue weighted by Crippen LogP contribution is 2.36. The van der Waals surface area contributed by atoms with Crippen LogP contribution in [0.15, 0.2) is 24.3 Å². The molecule has 1 heterocycles. The molecule has 7 nitrogen and oxygen atoms in total. The van der Waals surface area contributed by atoms with Crippen LogP contribution in [-0.2, 0) is 4.79 Å². The lowest BCUT2D eigenvalue weighted by atomic mass is 10.2. The zero-order chi connectivity index (χ0) is 19.6. The molecule has 2 aromatic rings. The van der Waals surface area contributed by atoms with Crippen LogP contribution in [0.1, 0.15) is 37.2 Å². The van der Waals surface area contributed by atoms with E-state index in [1.807, 2.05) is 0 Å². The Hall–Kier alpha value is -2.69. The van der Waals surface area contributed by atoms with Crippen LogP contribution in [0.5, 0.6) is 0 Å². The van der Waals surface area contributed by atoms with Gasteiger partial charge in [0.25, 0.3) is 18.5 Å². The van der Waals surface area contributed by atoms with Crippen LogP contribution in [0.4, 0.5) is 28.9 Å². The van der Waals surface area contributed by atoms with Crippen LogP contribution in [0.2, 0.25) is 5.02 Å². The number of benzene rings is 1. The number of nitrogens with zero attached hydrogens (tertiary/aromatic N) is 3. The summed E-state index contributed by atoms with van der Waals surface area (Å²) in [6.45, 7) is 1.12. The lowest BCUT2D eigenvalue weighted by Gasteiger charge is -2.15. The van der Waals surface area contributed by atoms with Gasteiger partial charge in [0, 0.05) is 6.07 Å². The highest BCUT2D eigenvalue weighted by Gasteiger charge is 2.32. The van der Waals surface area contributed by atoms with Crippen molar-refractivity contribution in [1.82, 2.24) is 9.78 Å². The highest BCUT2D eigenvalue weighted by molar-refractivity contribution is 6.32. The second kappa shape index (κ2) is 7.68. The quantitative estimate of drug-likeness (QED) is 0.443. The van der Waals surface area contributed by atoms with Gasteiger partial charge in [-0.1, -0.05) is 23.7 Å². The van der Waals surface area contributed by atoms with Crippen molar-refractivity contribution in [2.75, 3.05) is 5.32 Å². The maximum absolute atomic E-state index is 13.2. The van der Waals surface area contributed by atoms with Gasteiger partial charge in [0.1, 0.15) is 23.1 Å². The van der Waals surface area contributed by atoms with Crippen LogP contribution in [0.25, 0.3) is 0 Å². The number of hydrogen-bond acceptors (Lipinski definition) is 4. The Balaban J connectivity index is 2.37. The Kier molecular flexibility index (Phi) is 5.80. The van der Waals surface area contributed by atoms with Crippen molar-refractivity contribution in [3.05, 3.63) is 50.8 Å². The molecular formula is C14H11ClF4N4O3. The molecule has 0 aliphatic carbocycles. The number of anilines is 1. The fraction of sp³-hybridized carbons (Fsp3) is 0.286. The number of amides is 1. The number of alkyl halides is 4. The first-order chi connectivity index (χ1) is 12.1. The summed E-state index contributed by atoms with van der Waals surface area (Å²) in [5.74, 6) is -0.971. The number of nitrogens with one attached hydrogen (secondary N) is 1. The molecule has 1 aromatic heterocycles. The molecule has 1 amide bonds. The molecule has 0 aliphatic heterocycles. The van der Waals surface area contributed by atoms with Crippen molar-refractivity contribution in [3.63, 3.8) is 0 Å². The van der Waals surface area contributed by atoms with E-state index in [0.717, 1.165) is 13.0 Å². The van der Waals surface area contributed by atoms with E-state index in [0.29, 0.717) is 4.68 Å². The summed E-state index contributed by atoms with van der Waals surface area (Å²) in [5, 5.41) is 15.5. The summed E-state index contributed by atoms with van der Waals surface area (Å²) in [6.07, 6.45) is -6.48. The topological polar surface area (TPSA) is 90.1 Å². The third kappa shape index (κ3) is 3.77. The molecule has 0 spiro atoms. The van der Waals surface area contributed by atoms with Gasteiger partial charge < -0.3 is 5.32 Å². The lowest BCUT2D eigenvalue weighted by molar-refractivity contribution is -0.383. The number of carbonyl (C=O) groups is 1. The fourth-order valence-electron chi connectivity index (χ4n) is 2.16. The standard InChI is InChI=1S/C14H11ClF4N4O3/c1-6(14(24)20-7-4-2-3-5-8(7)23(25)26)22-11(13(18)19)9(15)10(21-22)12(16)17/h2-6,12-13H,1H3,(H,20,24). The summed E-state index contributed by atoms with van der Waals surface area (Å²) in [4.78, 5) is 22.5. The Bertz CT molecular complexity index is 844. The van der Waals surface area contributed by atoms with Gasteiger partial charge in [-0.15, -0.1) is 0 Å². The third-order valence-corrected chi connectivity index (χ3v) is 3.82. The first-order valence-electron chi connectivity index (χ1n) is 7.03. The normalized spacial score (nSPS) is 12.5. The molecule has 0 saturated carbocycles. The van der Waals surface area contributed by atoms with Crippen molar-refractivity contribution < 1.29 is 27.3 Å². The van der Waals surface area contributed by atoms with E-state index in [1.54, 1.807) is 0 Å². The minimum Gasteiger partial charge on any atom is -0.319 e. The fourth-order valence-corrected chi connectivity index (χ4v) is 2.45. The molecule has 12 heteroatoms. The first kappa shape index (κ1) is 19.6. The SMILES string of the molecule is CC(C(=O)Nc1ccccc1[N+](=O)[O-])n1nc(C(F)F)c(Cl)c1C(F)F. The molecule has 140 valence electrons. The molecule has 1 atom stereocenters. The number of halogens is 5. The summed E-state index contributed by atoms with van der Waals surface area (Å²) < 4.78 is 52.5. The van der Waals surface area contributed by atoms with Crippen molar-refractivity contribution >= 4 is 28.9 Å². The van der Waals surface area contributed by atoms with Gasteiger partial charge >= 0.3 is 0 Å². The van der Waals surface area contributed by atoms with Crippen molar-refractivity contribution in [1.29, 1.82) is 0 Å². The molecular weight excluding hydrogens is 384 g/mol. The molecule has 26 heavy (non-hydrogen) atoms. The van der Waals surface area contributed by atoms with E-state index in [4.69, 9.17) is 11.6 Å². The maximum atomic E-state index is 13.2. The van der Waals surface area contributed by atoms with Crippen molar-refractivity contribution in [3.8, 4) is 0 Å². The summed E-state index contributed by atoms with van der Waals surface area (Å²) in [7, 11) is 0. The minimum atomic E-state index is -3.26. The summed E-state index contributed by atoms with van der Waals surface area (Å²) in [5.41, 5.74) is -2.71. The highest BCUT2D eigenvalue weighted by atomic mass is 35.5. The molecule has 0 radical (unpaired) electrons. The number of nitro benzene ring substituents is 1. The van der Waals surface area contributed by atoms with Gasteiger partial charge in [0.2, 0.25) is 5.91 Å². The number of para-hydroxylation sites is 2. The molecule has 0 bridgehead atoms. The van der Waals surface area contributed by atoms with Crippen LogP contribution in [0, 0.1) is 10.1 Å². The average Bonchev–Trinajstić information content (AvgIpc) is 2.92. The van der Waals surface area contributed by atoms with Crippen LogP contribution in [0.3, 0.4) is 0 Å². The summed E-state index contributed by atoms with van der Waals surface area (Å²) in [6, 6.07) is 3.66. The molecule has 2 rings (SSSR count). The predicted octanol–water partition coefficient (Wildman–Crippen LogP) is 4.52. The molecule has 0 fully saturated rings. The van der Waals surface area contributed by atoms with Gasteiger partial charge in [-0.25, -0.2) is 22.2 Å². The number of nitro groups is 1. The van der Waals surface area contributed by atoms with E-state index in [1.165, 1.54) is 18.2 Å². The molecule has 0 saturated heterocycles. The van der Waals surface area contributed by atoms with Crippen LogP contribution >= 0.6 is 11.6 Å². The zero-order valence-electron chi connectivity index (χ0n) is 13.0. The smallest absolute Gasteiger partial charge is 0.292 e. The molecule has 0 aliphatic rings. The van der Waals surface area contributed by atoms with E-state index in [2.05, 4.69) is 10.4 Å². The molecule has 1 unspecified atom stereocenters. The van der Waals surface area contributed by atoms with Crippen molar-refractivity contribution in [2.45, 2.75) is 25.8 Å². The minimum absolute atomic E-state index is 0.180. The summed E-state index contributed by atoms with van der Waals surface area (Å²) >= 11 is 5.53. The number of aromatic nitrogens is 2. The van der Waals surface area contributed by atoms with Crippen molar-refractivity contribution in [2.24, 2.45) is 0 Å². The van der Waals surface area contributed by atoms with E-state index >= 15 is 0 Å². The van der Waals surface area contributed by atoms with Crippen LogP contribution in [-0.4, -0.2) is 20.6 Å². The van der Waals surface area contributed by atoms with Gasteiger partial charge in [-0.3, -0.25) is 14.9 Å². The Labute approximate surface area is 148 Å². The zero-order valence-corrected chi connectivity index (χ0v) is 13.8. The van der Waals surface area contributed by atoms with Crippen LogP contribution < -0.4 is 5.32 Å². The number of rotatable bonds is 6. The van der Waals surface area contributed by atoms with Gasteiger partial charge in [0.15, 0.2) is 0 Å². The Morgan fingerprint density at radius 3 is 2.42 bits per heavy atom. The van der Waals surface area contributed by atoms with E-state index in [-0.39, 0.29) is 5.69 Å². The lowest BCUT2D eigenvalue weighted by Crippen LogP contribution is -2.26. The average molecular weight is 395 g/mol.